The summed E-state index contributed by atoms with van der Waals surface area (Å²) in [6.45, 7) is 6.36. The topological polar surface area (TPSA) is 38.9 Å². The van der Waals surface area contributed by atoms with Crippen LogP contribution in [0.2, 0.25) is 0 Å². The van der Waals surface area contributed by atoms with Crippen LogP contribution in [0.5, 0.6) is 0 Å². The molecule has 0 fully saturated rings. The minimum absolute atomic E-state index is 0.239. The molecule has 0 bridgehead atoms. The number of nitrogens with zero attached hydrogens (tertiary/aromatic N) is 1. The van der Waals surface area contributed by atoms with Crippen molar-refractivity contribution in [3.63, 3.8) is 0 Å². The van der Waals surface area contributed by atoms with Crippen LogP contribution in [0.1, 0.15) is 37.3 Å². The van der Waals surface area contributed by atoms with Gasteiger partial charge >= 0.3 is 0 Å². The number of rotatable bonds is 3. The molecule has 12 heavy (non-hydrogen) atoms. The number of nitrogens with two attached hydrogens (primary N) is 1. The predicted molar refractivity (Wildman–Crippen MR) is 53.6 cm³/mol. The average molecular weight is 184 g/mol. The maximum Gasteiger partial charge on any atom is 0.0797 e. The van der Waals surface area contributed by atoms with E-state index in [1.54, 1.807) is 11.3 Å². The molecule has 0 aliphatic heterocycles. The van der Waals surface area contributed by atoms with Gasteiger partial charge in [-0.05, 0) is 19.3 Å². The van der Waals surface area contributed by atoms with Crippen molar-refractivity contribution >= 4 is 11.3 Å². The van der Waals surface area contributed by atoms with Gasteiger partial charge in [-0.15, -0.1) is 11.3 Å². The minimum Gasteiger partial charge on any atom is -0.328 e. The highest BCUT2D eigenvalue weighted by Crippen LogP contribution is 2.22. The lowest BCUT2D eigenvalue weighted by Gasteiger charge is -2.06. The second-order valence-electron chi connectivity index (χ2n) is 3.50. The zero-order valence-corrected chi connectivity index (χ0v) is 8.69. The molecule has 3 heteroatoms. The van der Waals surface area contributed by atoms with Crippen LogP contribution in [0, 0.1) is 0 Å². The van der Waals surface area contributed by atoms with Gasteiger partial charge in [-0.25, -0.2) is 4.98 Å². The Hall–Kier alpha value is -0.410. The van der Waals surface area contributed by atoms with Gasteiger partial charge in [0.05, 0.1) is 11.2 Å². The molecule has 1 rings (SSSR count). The Labute approximate surface area is 77.8 Å². The Morgan fingerprint density at radius 1 is 1.50 bits per heavy atom. The number of hydrogen-bond donors (Lipinski definition) is 1. The van der Waals surface area contributed by atoms with E-state index in [4.69, 9.17) is 5.73 Å². The van der Waals surface area contributed by atoms with Gasteiger partial charge in [-0.2, -0.15) is 0 Å². The average Bonchev–Trinajstić information content (AvgIpc) is 2.33. The summed E-state index contributed by atoms with van der Waals surface area (Å²) < 4.78 is 0. The molecule has 0 radical (unpaired) electrons. The minimum atomic E-state index is 0.239. The maximum absolute atomic E-state index is 5.73. The molecule has 0 saturated heterocycles. The van der Waals surface area contributed by atoms with Crippen molar-refractivity contribution < 1.29 is 0 Å². The Kier molecular flexibility index (Phi) is 3.23. The van der Waals surface area contributed by atoms with Gasteiger partial charge in [0.1, 0.15) is 0 Å². The lowest BCUT2D eigenvalue weighted by molar-refractivity contribution is 0.724. The van der Waals surface area contributed by atoms with E-state index in [1.807, 2.05) is 12.4 Å². The monoisotopic (exact) mass is 184 g/mol. The summed E-state index contributed by atoms with van der Waals surface area (Å²) in [6, 6.07) is 0.239. The van der Waals surface area contributed by atoms with E-state index in [0.29, 0.717) is 5.92 Å². The van der Waals surface area contributed by atoms with Gasteiger partial charge in [0.2, 0.25) is 0 Å². The predicted octanol–water partition coefficient (Wildman–Crippen LogP) is 2.16. The largest absolute Gasteiger partial charge is 0.328 e. The first-order chi connectivity index (χ1) is 5.61. The van der Waals surface area contributed by atoms with E-state index in [2.05, 4.69) is 18.8 Å². The molecule has 1 unspecified atom stereocenters. The molecule has 0 aliphatic carbocycles. The van der Waals surface area contributed by atoms with E-state index < -0.39 is 0 Å². The van der Waals surface area contributed by atoms with Crippen molar-refractivity contribution in [2.45, 2.75) is 39.2 Å². The normalized spacial score (nSPS) is 13.8. The van der Waals surface area contributed by atoms with E-state index in [-0.39, 0.29) is 6.04 Å². The molecule has 2 nitrogen and oxygen atoms in total. The van der Waals surface area contributed by atoms with Crippen LogP contribution in [0.4, 0.5) is 0 Å². The van der Waals surface area contributed by atoms with E-state index in [0.717, 1.165) is 6.42 Å². The molecule has 0 aromatic carbocycles. The fourth-order valence-electron chi connectivity index (χ4n) is 1.20. The van der Waals surface area contributed by atoms with E-state index >= 15 is 0 Å². The second kappa shape index (κ2) is 4.01. The number of hydrogen-bond acceptors (Lipinski definition) is 3. The van der Waals surface area contributed by atoms with Crippen LogP contribution in [0.25, 0.3) is 0 Å². The molecule has 68 valence electrons. The number of aromatic nitrogens is 1. The Morgan fingerprint density at radius 2 is 2.17 bits per heavy atom. The zero-order chi connectivity index (χ0) is 9.14. The molecule has 0 aliphatic rings. The lowest BCUT2D eigenvalue weighted by Crippen LogP contribution is -2.18. The zero-order valence-electron chi connectivity index (χ0n) is 7.87. The maximum atomic E-state index is 5.73. The van der Waals surface area contributed by atoms with Gasteiger partial charge in [0.25, 0.3) is 0 Å². The third-order valence-corrected chi connectivity index (χ3v) is 2.60. The Balaban J connectivity index is 2.77. The summed E-state index contributed by atoms with van der Waals surface area (Å²) in [4.78, 5) is 5.68. The standard InChI is InChI=1S/C9H16N2S/c1-6(2)9-8(4-7(3)10)12-5-11-9/h5-7H,4,10H2,1-3H3. The fourth-order valence-corrected chi connectivity index (χ4v) is 2.26. The Bertz CT molecular complexity index is 240. The van der Waals surface area contributed by atoms with Crippen LogP contribution < -0.4 is 5.73 Å². The first kappa shape index (κ1) is 9.68. The third-order valence-electron chi connectivity index (χ3n) is 1.73. The first-order valence-electron chi connectivity index (χ1n) is 4.29. The summed E-state index contributed by atoms with van der Waals surface area (Å²) in [5, 5.41) is 0. The summed E-state index contributed by atoms with van der Waals surface area (Å²) in [7, 11) is 0. The molecule has 0 spiro atoms. The summed E-state index contributed by atoms with van der Waals surface area (Å²) in [5.41, 5.74) is 8.86. The van der Waals surface area contributed by atoms with Gasteiger partial charge in [0.15, 0.2) is 0 Å². The highest BCUT2D eigenvalue weighted by molar-refractivity contribution is 7.09. The van der Waals surface area contributed by atoms with Gasteiger partial charge in [-0.1, -0.05) is 13.8 Å². The quantitative estimate of drug-likeness (QED) is 0.781. The highest BCUT2D eigenvalue weighted by atomic mass is 32.1. The van der Waals surface area contributed by atoms with E-state index in [1.165, 1.54) is 10.6 Å². The summed E-state index contributed by atoms with van der Waals surface area (Å²) >= 11 is 1.72. The lowest BCUT2D eigenvalue weighted by atomic mass is 10.1. The van der Waals surface area contributed by atoms with Crippen LogP contribution in [0.15, 0.2) is 5.51 Å². The summed E-state index contributed by atoms with van der Waals surface area (Å²) in [6.07, 6.45) is 0.957. The fraction of sp³-hybridized carbons (Fsp3) is 0.667. The van der Waals surface area contributed by atoms with Crippen LogP contribution in [-0.2, 0) is 6.42 Å². The van der Waals surface area contributed by atoms with Crippen LogP contribution >= 0.6 is 11.3 Å². The van der Waals surface area contributed by atoms with Gasteiger partial charge in [-0.3, -0.25) is 0 Å². The molecule has 0 saturated carbocycles. The highest BCUT2D eigenvalue weighted by Gasteiger charge is 2.10. The van der Waals surface area contributed by atoms with Crippen molar-refractivity contribution in [1.82, 2.24) is 4.98 Å². The molecule has 1 aromatic heterocycles. The SMILES string of the molecule is CC(N)Cc1scnc1C(C)C. The summed E-state index contributed by atoms with van der Waals surface area (Å²) in [5.74, 6) is 0.519. The van der Waals surface area contributed by atoms with Crippen molar-refractivity contribution in [3.8, 4) is 0 Å². The Morgan fingerprint density at radius 3 is 2.67 bits per heavy atom. The molecule has 1 heterocycles. The van der Waals surface area contributed by atoms with Gasteiger partial charge in [0, 0.05) is 10.9 Å². The molecular formula is C9H16N2S. The third kappa shape index (κ3) is 2.29. The first-order valence-corrected chi connectivity index (χ1v) is 5.17. The second-order valence-corrected chi connectivity index (χ2v) is 4.44. The van der Waals surface area contributed by atoms with Crippen molar-refractivity contribution in [3.05, 3.63) is 16.1 Å². The molecular weight excluding hydrogens is 168 g/mol. The number of thiazole rings is 1. The van der Waals surface area contributed by atoms with Gasteiger partial charge < -0.3 is 5.73 Å². The molecule has 1 atom stereocenters. The van der Waals surface area contributed by atoms with Crippen molar-refractivity contribution in [1.29, 1.82) is 0 Å². The van der Waals surface area contributed by atoms with Crippen molar-refractivity contribution in [2.24, 2.45) is 5.73 Å². The molecule has 2 N–H and O–H groups in total. The van der Waals surface area contributed by atoms with Crippen molar-refractivity contribution in [2.75, 3.05) is 0 Å². The van der Waals surface area contributed by atoms with Crippen LogP contribution in [0.3, 0.4) is 0 Å². The molecule has 1 aromatic rings. The smallest absolute Gasteiger partial charge is 0.0797 e. The van der Waals surface area contributed by atoms with Crippen LogP contribution in [-0.4, -0.2) is 11.0 Å². The van der Waals surface area contributed by atoms with E-state index in [9.17, 15) is 0 Å². The molecule has 0 amide bonds.